The maximum absolute atomic E-state index is 13.0. The molecule has 0 saturated carbocycles. The molecule has 1 N–H and O–H groups in total. The highest BCUT2D eigenvalue weighted by molar-refractivity contribution is 7.09. The van der Waals surface area contributed by atoms with E-state index < -0.39 is 11.6 Å². The number of nitrogens with one attached hydrogen (secondary N) is 1. The van der Waals surface area contributed by atoms with Crippen molar-refractivity contribution in [2.75, 3.05) is 18.5 Å². The van der Waals surface area contributed by atoms with Crippen molar-refractivity contribution in [1.82, 2.24) is 9.36 Å². The summed E-state index contributed by atoms with van der Waals surface area (Å²) in [7, 11) is 0. The number of rotatable bonds is 5. The molecule has 0 radical (unpaired) electrons. The molecule has 0 aliphatic carbocycles. The molecule has 1 heterocycles. The Hall–Kier alpha value is -1.76. The summed E-state index contributed by atoms with van der Waals surface area (Å²) >= 11 is 1.29. The lowest BCUT2D eigenvalue weighted by molar-refractivity contribution is 0.329. The number of hydrogen-bond donors (Lipinski definition) is 1. The van der Waals surface area contributed by atoms with E-state index in [1.54, 1.807) is 0 Å². The van der Waals surface area contributed by atoms with E-state index >= 15 is 0 Å². The number of halogens is 2. The zero-order valence-corrected chi connectivity index (χ0v) is 12.9. The molecule has 7 heteroatoms. The standard InChI is InChI=1S/C14H17F2N3OS/c1-14(2,3)12-18-13(21-19-12)17-6-7-20-9-4-5-10(15)11(16)8-9/h4-5,8H,6-7H2,1-3H3,(H,17,18,19). The third-order valence-electron chi connectivity index (χ3n) is 2.63. The molecule has 4 nitrogen and oxygen atoms in total. The van der Waals surface area contributed by atoms with Crippen molar-refractivity contribution in [3.05, 3.63) is 35.7 Å². The Bertz CT molecular complexity index is 611. The summed E-state index contributed by atoms with van der Waals surface area (Å²) < 4.78 is 35.3. The maximum Gasteiger partial charge on any atom is 0.202 e. The average molecular weight is 313 g/mol. The molecular weight excluding hydrogens is 296 g/mol. The Morgan fingerprint density at radius 2 is 2.00 bits per heavy atom. The van der Waals surface area contributed by atoms with Crippen LogP contribution in [0.4, 0.5) is 13.9 Å². The number of hydrogen-bond acceptors (Lipinski definition) is 5. The monoisotopic (exact) mass is 313 g/mol. The van der Waals surface area contributed by atoms with Crippen LogP contribution in [-0.2, 0) is 5.41 Å². The van der Waals surface area contributed by atoms with Gasteiger partial charge in [0.15, 0.2) is 11.6 Å². The molecule has 0 bridgehead atoms. The molecule has 2 aromatic rings. The van der Waals surface area contributed by atoms with Gasteiger partial charge in [-0.1, -0.05) is 20.8 Å². The molecule has 0 atom stereocenters. The number of ether oxygens (including phenoxy) is 1. The molecule has 0 spiro atoms. The summed E-state index contributed by atoms with van der Waals surface area (Å²) in [5.41, 5.74) is -0.0848. The zero-order valence-electron chi connectivity index (χ0n) is 12.1. The topological polar surface area (TPSA) is 47.0 Å². The number of nitrogens with zero attached hydrogens (tertiary/aromatic N) is 2. The molecule has 0 amide bonds. The first kappa shape index (κ1) is 15.6. The lowest BCUT2D eigenvalue weighted by Crippen LogP contribution is -2.14. The Morgan fingerprint density at radius 1 is 1.24 bits per heavy atom. The smallest absolute Gasteiger partial charge is 0.202 e. The van der Waals surface area contributed by atoms with E-state index in [1.807, 2.05) is 20.8 Å². The Labute approximate surface area is 126 Å². The van der Waals surface area contributed by atoms with Crippen LogP contribution in [0, 0.1) is 11.6 Å². The minimum absolute atomic E-state index is 0.0848. The van der Waals surface area contributed by atoms with Gasteiger partial charge in [0.2, 0.25) is 5.13 Å². The van der Waals surface area contributed by atoms with Gasteiger partial charge in [0, 0.05) is 23.0 Å². The first-order valence-corrected chi connectivity index (χ1v) is 7.29. The molecule has 1 aromatic carbocycles. The van der Waals surface area contributed by atoms with Crippen molar-refractivity contribution >= 4 is 16.7 Å². The summed E-state index contributed by atoms with van der Waals surface area (Å²) in [6.07, 6.45) is 0. The van der Waals surface area contributed by atoms with Gasteiger partial charge in [-0.3, -0.25) is 0 Å². The number of benzene rings is 1. The fourth-order valence-corrected chi connectivity index (χ4v) is 2.27. The predicted octanol–water partition coefficient (Wildman–Crippen LogP) is 3.60. The van der Waals surface area contributed by atoms with Crippen LogP contribution in [0.5, 0.6) is 5.75 Å². The van der Waals surface area contributed by atoms with Gasteiger partial charge in [0.1, 0.15) is 18.2 Å². The van der Waals surface area contributed by atoms with E-state index in [0.717, 1.165) is 18.0 Å². The summed E-state index contributed by atoms with van der Waals surface area (Å²) in [5, 5.41) is 3.80. The van der Waals surface area contributed by atoms with Crippen LogP contribution < -0.4 is 10.1 Å². The van der Waals surface area contributed by atoms with Crippen LogP contribution in [-0.4, -0.2) is 22.5 Å². The number of anilines is 1. The van der Waals surface area contributed by atoms with Crippen molar-refractivity contribution in [2.24, 2.45) is 0 Å². The van der Waals surface area contributed by atoms with Crippen molar-refractivity contribution < 1.29 is 13.5 Å². The SMILES string of the molecule is CC(C)(C)c1nsc(NCCOc2ccc(F)c(F)c2)n1. The highest BCUT2D eigenvalue weighted by Gasteiger charge is 2.19. The van der Waals surface area contributed by atoms with Crippen molar-refractivity contribution in [2.45, 2.75) is 26.2 Å². The van der Waals surface area contributed by atoms with Crippen LogP contribution in [0.3, 0.4) is 0 Å². The second-order valence-electron chi connectivity index (χ2n) is 5.52. The summed E-state index contributed by atoms with van der Waals surface area (Å²) in [6.45, 7) is 6.95. The van der Waals surface area contributed by atoms with E-state index in [9.17, 15) is 8.78 Å². The van der Waals surface area contributed by atoms with Gasteiger partial charge < -0.3 is 10.1 Å². The number of aromatic nitrogens is 2. The van der Waals surface area contributed by atoms with Crippen molar-refractivity contribution in [3.63, 3.8) is 0 Å². The fraction of sp³-hybridized carbons (Fsp3) is 0.429. The highest BCUT2D eigenvalue weighted by Crippen LogP contribution is 2.22. The maximum atomic E-state index is 13.0. The van der Waals surface area contributed by atoms with E-state index in [2.05, 4.69) is 14.7 Å². The van der Waals surface area contributed by atoms with Crippen molar-refractivity contribution in [3.8, 4) is 5.75 Å². The third kappa shape index (κ3) is 4.35. The highest BCUT2D eigenvalue weighted by atomic mass is 32.1. The largest absolute Gasteiger partial charge is 0.492 e. The van der Waals surface area contributed by atoms with Gasteiger partial charge in [0.05, 0.1) is 6.54 Å². The lowest BCUT2D eigenvalue weighted by atomic mass is 9.96. The molecule has 0 aliphatic heterocycles. The minimum atomic E-state index is -0.917. The van der Waals surface area contributed by atoms with Gasteiger partial charge >= 0.3 is 0 Å². The second kappa shape index (κ2) is 6.34. The van der Waals surface area contributed by atoms with Crippen LogP contribution in [0.2, 0.25) is 0 Å². The summed E-state index contributed by atoms with van der Waals surface area (Å²) in [4.78, 5) is 4.38. The van der Waals surface area contributed by atoms with E-state index in [-0.39, 0.29) is 5.41 Å². The molecule has 0 fully saturated rings. The van der Waals surface area contributed by atoms with Crippen LogP contribution in [0.1, 0.15) is 26.6 Å². The molecule has 2 rings (SSSR count). The quantitative estimate of drug-likeness (QED) is 0.857. The van der Waals surface area contributed by atoms with Gasteiger partial charge in [-0.25, -0.2) is 13.8 Å². The van der Waals surface area contributed by atoms with Crippen molar-refractivity contribution in [1.29, 1.82) is 0 Å². The van der Waals surface area contributed by atoms with Crippen LogP contribution >= 0.6 is 11.5 Å². The minimum Gasteiger partial charge on any atom is -0.492 e. The third-order valence-corrected chi connectivity index (χ3v) is 3.31. The van der Waals surface area contributed by atoms with Crippen LogP contribution in [0.25, 0.3) is 0 Å². The Kier molecular flexibility index (Phi) is 4.72. The van der Waals surface area contributed by atoms with Gasteiger partial charge in [0.25, 0.3) is 0 Å². The Morgan fingerprint density at radius 3 is 2.62 bits per heavy atom. The van der Waals surface area contributed by atoms with E-state index in [4.69, 9.17) is 4.74 Å². The molecule has 0 saturated heterocycles. The fourth-order valence-electron chi connectivity index (χ4n) is 1.49. The Balaban J connectivity index is 1.79. The second-order valence-corrected chi connectivity index (χ2v) is 6.28. The molecule has 0 aliphatic rings. The molecule has 1 aromatic heterocycles. The van der Waals surface area contributed by atoms with Crippen LogP contribution in [0.15, 0.2) is 18.2 Å². The lowest BCUT2D eigenvalue weighted by Gasteiger charge is -2.12. The van der Waals surface area contributed by atoms with E-state index in [1.165, 1.54) is 17.6 Å². The normalized spacial score (nSPS) is 11.5. The first-order chi connectivity index (χ1) is 9.86. The summed E-state index contributed by atoms with van der Waals surface area (Å²) in [5.74, 6) is -0.719. The molecule has 114 valence electrons. The van der Waals surface area contributed by atoms with Gasteiger partial charge in [-0.15, -0.1) is 0 Å². The average Bonchev–Trinajstić information content (AvgIpc) is 2.87. The first-order valence-electron chi connectivity index (χ1n) is 6.52. The molecular formula is C14H17F2N3OS. The summed E-state index contributed by atoms with van der Waals surface area (Å²) in [6, 6.07) is 3.46. The molecule has 21 heavy (non-hydrogen) atoms. The van der Waals surface area contributed by atoms with E-state index in [0.29, 0.717) is 24.0 Å². The zero-order chi connectivity index (χ0) is 15.5. The van der Waals surface area contributed by atoms with Gasteiger partial charge in [-0.05, 0) is 12.1 Å². The van der Waals surface area contributed by atoms with Gasteiger partial charge in [-0.2, -0.15) is 4.37 Å². The molecule has 0 unspecified atom stereocenters. The predicted molar refractivity (Wildman–Crippen MR) is 79.0 cm³/mol.